The molecule has 1 aromatic heterocycles. The second kappa shape index (κ2) is 13.9. The zero-order valence-electron chi connectivity index (χ0n) is 23.6. The molecule has 226 valence electrons. The van der Waals surface area contributed by atoms with Crippen LogP contribution < -0.4 is 15.4 Å². The largest absolute Gasteiger partial charge is 0.497 e. The van der Waals surface area contributed by atoms with Crippen LogP contribution in [0, 0.1) is 0 Å². The second-order valence-corrected chi connectivity index (χ2v) is 11.6. The number of anilines is 2. The van der Waals surface area contributed by atoms with E-state index in [0.717, 1.165) is 39.6 Å². The molecule has 5 rings (SSSR count). The number of hydrogen-bond donors (Lipinski definition) is 4. The number of carboxylic acids is 2. The number of thioether (sulfide) groups is 1. The Hall–Kier alpha value is -5.46. The lowest BCUT2D eigenvalue weighted by Crippen LogP contribution is -2.19. The summed E-state index contributed by atoms with van der Waals surface area (Å²) in [4.78, 5) is 54.6. The van der Waals surface area contributed by atoms with Crippen molar-refractivity contribution in [1.29, 1.82) is 0 Å². The lowest BCUT2D eigenvalue weighted by Gasteiger charge is -2.16. The number of nitrogens with one attached hydrogen (secondary N) is 2. The fraction of sp³-hybridized carbons (Fsp3) is 0.0606. The van der Waals surface area contributed by atoms with Crippen LogP contribution in [-0.4, -0.2) is 46.1 Å². The van der Waals surface area contributed by atoms with Gasteiger partial charge in [-0.05, 0) is 72.3 Å². The number of thiazole rings is 1. The minimum Gasteiger partial charge on any atom is -0.497 e. The third kappa shape index (κ3) is 7.55. The number of aromatic nitrogens is 1. The number of hydrogen-bond acceptors (Lipinski definition) is 8. The summed E-state index contributed by atoms with van der Waals surface area (Å²) in [6.45, 7) is 0. The molecule has 0 spiro atoms. The number of amides is 2. The lowest BCUT2D eigenvalue weighted by atomic mass is 10.0. The number of carbonyl (C=O) groups excluding carboxylic acids is 2. The number of rotatable bonds is 11. The highest BCUT2D eigenvalue weighted by molar-refractivity contribution is 8.00. The average Bonchev–Trinajstić information content (AvgIpc) is 3.52. The standard InChI is InChI=1S/C33H25N3O7S2/c1-43-23-12-7-19(8-13-23)27-18-44-33(35-27)36-30(38)28(20-5-3-2-4-6-20)45-24-14-10-22(11-15-24)34-29(37)25-16-9-21(31(39)40)17-26(25)32(41)42/h2-18,28H,1H3,(H,34,37)(H,39,40)(H,41,42)(H,35,36,38). The van der Waals surface area contributed by atoms with Crippen molar-refractivity contribution >= 4 is 57.7 Å². The van der Waals surface area contributed by atoms with Gasteiger partial charge >= 0.3 is 11.9 Å². The molecule has 0 aliphatic carbocycles. The number of ether oxygens (including phenoxy) is 1. The van der Waals surface area contributed by atoms with E-state index >= 15 is 0 Å². The van der Waals surface area contributed by atoms with Crippen LogP contribution in [0.15, 0.2) is 107 Å². The molecule has 0 fully saturated rings. The summed E-state index contributed by atoms with van der Waals surface area (Å²) in [5, 5.41) is 25.9. The predicted octanol–water partition coefficient (Wildman–Crippen LogP) is 6.94. The molecule has 4 aromatic carbocycles. The van der Waals surface area contributed by atoms with E-state index in [1.165, 1.54) is 29.2 Å². The molecule has 0 saturated heterocycles. The number of aromatic carboxylic acids is 2. The van der Waals surface area contributed by atoms with Gasteiger partial charge in [-0.3, -0.25) is 9.59 Å². The molecule has 1 heterocycles. The van der Waals surface area contributed by atoms with Gasteiger partial charge in [0.1, 0.15) is 11.0 Å². The molecule has 0 saturated carbocycles. The van der Waals surface area contributed by atoms with Gasteiger partial charge < -0.3 is 25.6 Å². The number of benzene rings is 4. The molecular formula is C33H25N3O7S2. The van der Waals surface area contributed by atoms with Crippen LogP contribution >= 0.6 is 23.1 Å². The van der Waals surface area contributed by atoms with E-state index in [2.05, 4.69) is 15.6 Å². The molecule has 1 atom stereocenters. The van der Waals surface area contributed by atoms with Gasteiger partial charge in [-0.1, -0.05) is 30.3 Å². The second-order valence-electron chi connectivity index (χ2n) is 9.51. The van der Waals surface area contributed by atoms with Crippen molar-refractivity contribution in [2.75, 3.05) is 17.7 Å². The minimum atomic E-state index is -1.42. The Bertz CT molecular complexity index is 1860. The van der Waals surface area contributed by atoms with Crippen molar-refractivity contribution in [1.82, 2.24) is 4.98 Å². The van der Waals surface area contributed by atoms with E-state index in [0.29, 0.717) is 10.8 Å². The molecule has 2 amide bonds. The van der Waals surface area contributed by atoms with Crippen LogP contribution in [0.25, 0.3) is 11.3 Å². The van der Waals surface area contributed by atoms with Gasteiger partial charge in [-0.25, -0.2) is 14.6 Å². The summed E-state index contributed by atoms with van der Waals surface area (Å²) in [5.74, 6) is -2.95. The fourth-order valence-corrected chi connectivity index (χ4v) is 6.05. The van der Waals surface area contributed by atoms with Crippen LogP contribution in [0.4, 0.5) is 10.8 Å². The first-order valence-electron chi connectivity index (χ1n) is 13.4. The predicted molar refractivity (Wildman–Crippen MR) is 173 cm³/mol. The van der Waals surface area contributed by atoms with Gasteiger partial charge in [0, 0.05) is 21.5 Å². The Kier molecular flexibility index (Phi) is 9.56. The van der Waals surface area contributed by atoms with Gasteiger partial charge in [-0.15, -0.1) is 23.1 Å². The summed E-state index contributed by atoms with van der Waals surface area (Å²) in [7, 11) is 1.60. The Morgan fingerprint density at radius 3 is 2.18 bits per heavy atom. The molecule has 0 bridgehead atoms. The Balaban J connectivity index is 1.30. The van der Waals surface area contributed by atoms with Gasteiger partial charge in [0.05, 0.1) is 29.5 Å². The fourth-order valence-electron chi connectivity index (χ4n) is 4.30. The highest BCUT2D eigenvalue weighted by Crippen LogP contribution is 2.37. The molecule has 10 nitrogen and oxygen atoms in total. The van der Waals surface area contributed by atoms with E-state index in [4.69, 9.17) is 9.84 Å². The van der Waals surface area contributed by atoms with Gasteiger partial charge in [-0.2, -0.15) is 0 Å². The normalized spacial score (nSPS) is 11.3. The first-order chi connectivity index (χ1) is 21.7. The molecule has 0 aliphatic rings. The van der Waals surface area contributed by atoms with Crippen LogP contribution in [-0.2, 0) is 4.79 Å². The molecule has 5 aromatic rings. The maximum absolute atomic E-state index is 13.5. The Labute approximate surface area is 265 Å². The Morgan fingerprint density at radius 1 is 0.822 bits per heavy atom. The van der Waals surface area contributed by atoms with E-state index < -0.39 is 28.7 Å². The molecular weight excluding hydrogens is 615 g/mol. The molecule has 0 radical (unpaired) electrons. The van der Waals surface area contributed by atoms with Gasteiger partial charge in [0.15, 0.2) is 5.13 Å². The average molecular weight is 640 g/mol. The van der Waals surface area contributed by atoms with E-state index in [1.54, 1.807) is 31.4 Å². The van der Waals surface area contributed by atoms with Crippen LogP contribution in [0.5, 0.6) is 5.75 Å². The summed E-state index contributed by atoms with van der Waals surface area (Å²) in [6.07, 6.45) is 0. The smallest absolute Gasteiger partial charge is 0.336 e. The van der Waals surface area contributed by atoms with Crippen LogP contribution in [0.1, 0.15) is 41.9 Å². The van der Waals surface area contributed by atoms with Crippen molar-refractivity contribution in [3.63, 3.8) is 0 Å². The van der Waals surface area contributed by atoms with E-state index in [1.807, 2.05) is 60.0 Å². The highest BCUT2D eigenvalue weighted by Gasteiger charge is 2.24. The first-order valence-corrected chi connectivity index (χ1v) is 15.1. The van der Waals surface area contributed by atoms with Gasteiger partial charge in [0.25, 0.3) is 5.91 Å². The molecule has 1 unspecified atom stereocenters. The number of methoxy groups -OCH3 is 1. The third-order valence-corrected chi connectivity index (χ3v) is 8.59. The molecule has 45 heavy (non-hydrogen) atoms. The van der Waals surface area contributed by atoms with Crippen molar-refractivity contribution in [2.45, 2.75) is 10.1 Å². The van der Waals surface area contributed by atoms with Crippen molar-refractivity contribution in [2.24, 2.45) is 0 Å². The van der Waals surface area contributed by atoms with Crippen molar-refractivity contribution in [3.8, 4) is 17.0 Å². The zero-order valence-corrected chi connectivity index (χ0v) is 25.2. The van der Waals surface area contributed by atoms with Crippen molar-refractivity contribution < 1.29 is 34.1 Å². The number of nitrogens with zero attached hydrogens (tertiary/aromatic N) is 1. The highest BCUT2D eigenvalue weighted by atomic mass is 32.2. The van der Waals surface area contributed by atoms with E-state index in [9.17, 15) is 24.3 Å². The molecule has 0 aliphatic heterocycles. The van der Waals surface area contributed by atoms with Gasteiger partial charge in [0.2, 0.25) is 5.91 Å². The number of carbonyl (C=O) groups is 4. The zero-order chi connectivity index (χ0) is 31.9. The van der Waals surface area contributed by atoms with Crippen LogP contribution in [0.3, 0.4) is 0 Å². The summed E-state index contributed by atoms with van der Waals surface area (Å²) < 4.78 is 5.21. The molecule has 12 heteroatoms. The Morgan fingerprint density at radius 2 is 1.53 bits per heavy atom. The lowest BCUT2D eigenvalue weighted by molar-refractivity contribution is -0.115. The summed E-state index contributed by atoms with van der Waals surface area (Å²) in [6, 6.07) is 26.8. The number of carboxylic acid groups (broad SMARTS) is 2. The van der Waals surface area contributed by atoms with Crippen LogP contribution in [0.2, 0.25) is 0 Å². The minimum absolute atomic E-state index is 0.177. The maximum Gasteiger partial charge on any atom is 0.336 e. The maximum atomic E-state index is 13.5. The third-order valence-electron chi connectivity index (χ3n) is 6.57. The van der Waals surface area contributed by atoms with Crippen molar-refractivity contribution in [3.05, 3.63) is 125 Å². The first kappa shape index (κ1) is 31.0. The topological polar surface area (TPSA) is 155 Å². The monoisotopic (exact) mass is 639 g/mol. The molecule has 4 N–H and O–H groups in total. The van der Waals surface area contributed by atoms with E-state index in [-0.39, 0.29) is 17.0 Å². The SMILES string of the molecule is COc1ccc(-c2csc(NC(=O)C(Sc3ccc(NC(=O)c4ccc(C(=O)O)cc4C(=O)O)cc3)c3ccccc3)n2)cc1. The summed E-state index contributed by atoms with van der Waals surface area (Å²) >= 11 is 2.64. The quantitative estimate of drug-likeness (QED) is 0.113. The summed E-state index contributed by atoms with van der Waals surface area (Å²) in [5.41, 5.74) is 1.96.